The van der Waals surface area contributed by atoms with Crippen LogP contribution in [0.5, 0.6) is 0 Å². The number of ketones is 1. The molecule has 3 nitrogen and oxygen atoms in total. The highest BCUT2D eigenvalue weighted by Gasteiger charge is 2.19. The highest BCUT2D eigenvalue weighted by Crippen LogP contribution is 2.25. The van der Waals surface area contributed by atoms with Gasteiger partial charge in [0.1, 0.15) is 0 Å². The van der Waals surface area contributed by atoms with Crippen LogP contribution in [0.25, 0.3) is 0 Å². The van der Waals surface area contributed by atoms with Crippen molar-refractivity contribution in [1.82, 2.24) is 9.55 Å². The van der Waals surface area contributed by atoms with E-state index in [1.165, 1.54) is 11.8 Å². The highest BCUT2D eigenvalue weighted by atomic mass is 32.2. The molecule has 1 aromatic heterocycles. The predicted molar refractivity (Wildman–Crippen MR) is 78.8 cm³/mol. The molecule has 2 rings (SSSR count). The quantitative estimate of drug-likeness (QED) is 0.633. The lowest BCUT2D eigenvalue weighted by molar-refractivity contribution is 0.0993. The van der Waals surface area contributed by atoms with Crippen LogP contribution < -0.4 is 0 Å². The molecule has 0 spiro atoms. The van der Waals surface area contributed by atoms with Crippen molar-refractivity contribution in [3.8, 4) is 0 Å². The van der Waals surface area contributed by atoms with Crippen molar-refractivity contribution in [2.75, 3.05) is 0 Å². The summed E-state index contributed by atoms with van der Waals surface area (Å²) in [5, 5.41) is 0.729. The zero-order chi connectivity index (χ0) is 14.0. The zero-order valence-electron chi connectivity index (χ0n) is 11.7. The first-order chi connectivity index (χ1) is 8.99. The van der Waals surface area contributed by atoms with Gasteiger partial charge in [0.2, 0.25) is 0 Å². The van der Waals surface area contributed by atoms with E-state index in [1.807, 2.05) is 56.8 Å². The Hall–Kier alpha value is -1.55. The number of nitrogens with zero attached hydrogens (tertiary/aromatic N) is 2. The lowest BCUT2D eigenvalue weighted by atomic mass is 10.0. The Balaban J connectivity index is 2.19. The topological polar surface area (TPSA) is 34.9 Å². The number of thioether (sulfide) groups is 1. The number of carbonyl (C=O) groups is 1. The molecule has 0 aliphatic carbocycles. The third-order valence-corrected chi connectivity index (χ3v) is 4.26. The van der Waals surface area contributed by atoms with E-state index in [4.69, 9.17) is 0 Å². The molecular weight excluding hydrogens is 256 g/mol. The molecule has 0 unspecified atom stereocenters. The van der Waals surface area contributed by atoms with E-state index in [-0.39, 0.29) is 11.0 Å². The van der Waals surface area contributed by atoms with Gasteiger partial charge in [-0.1, -0.05) is 29.5 Å². The minimum Gasteiger partial charge on any atom is -0.329 e. The molecule has 2 aromatic rings. The van der Waals surface area contributed by atoms with Crippen molar-refractivity contribution in [2.45, 2.75) is 31.2 Å². The summed E-state index contributed by atoms with van der Waals surface area (Å²) in [5.41, 5.74) is 2.96. The number of rotatable bonds is 4. The van der Waals surface area contributed by atoms with Gasteiger partial charge in [-0.15, -0.1) is 0 Å². The predicted octanol–water partition coefficient (Wildman–Crippen LogP) is 3.40. The van der Waals surface area contributed by atoms with Gasteiger partial charge in [0.05, 0.1) is 5.25 Å². The molecule has 0 bridgehead atoms. The Labute approximate surface area is 118 Å². The smallest absolute Gasteiger partial charge is 0.176 e. The number of Topliss-reactive ketones (excluding diaryl/α,β-unsaturated/α-hetero) is 1. The van der Waals surface area contributed by atoms with Crippen molar-refractivity contribution in [3.05, 3.63) is 47.3 Å². The Morgan fingerprint density at radius 1 is 1.37 bits per heavy atom. The molecule has 1 atom stereocenters. The van der Waals surface area contributed by atoms with Crippen molar-refractivity contribution in [1.29, 1.82) is 0 Å². The maximum absolute atomic E-state index is 12.5. The van der Waals surface area contributed by atoms with Crippen LogP contribution in [0.2, 0.25) is 0 Å². The van der Waals surface area contributed by atoms with Crippen molar-refractivity contribution >= 4 is 17.5 Å². The summed E-state index contributed by atoms with van der Waals surface area (Å²) in [5.74, 6) is 0.161. The molecule has 4 heteroatoms. The van der Waals surface area contributed by atoms with Gasteiger partial charge in [-0.3, -0.25) is 4.79 Å². The van der Waals surface area contributed by atoms with Crippen LogP contribution in [0.1, 0.15) is 28.4 Å². The van der Waals surface area contributed by atoms with Gasteiger partial charge in [-0.25, -0.2) is 4.98 Å². The fourth-order valence-electron chi connectivity index (χ4n) is 1.90. The first-order valence-electron chi connectivity index (χ1n) is 6.24. The minimum absolute atomic E-state index is 0.137. The number of hydrogen-bond acceptors (Lipinski definition) is 3. The number of imidazole rings is 1. The maximum atomic E-state index is 12.5. The first kappa shape index (κ1) is 13.9. The number of aryl methyl sites for hydroxylation is 3. The largest absolute Gasteiger partial charge is 0.329 e. The third kappa shape index (κ3) is 3.07. The molecule has 1 aromatic carbocycles. The summed E-state index contributed by atoms with van der Waals surface area (Å²) in [7, 11) is 1.93. The lowest BCUT2D eigenvalue weighted by Gasteiger charge is -2.12. The van der Waals surface area contributed by atoms with Gasteiger partial charge in [0.25, 0.3) is 0 Å². The van der Waals surface area contributed by atoms with Crippen LogP contribution >= 0.6 is 11.8 Å². The van der Waals surface area contributed by atoms with Gasteiger partial charge < -0.3 is 4.57 Å². The SMILES string of the molecule is Cc1ccc(C)c(C(=O)[C@@H](C)Sc2nccn2C)c1. The normalized spacial score (nSPS) is 12.4. The summed E-state index contributed by atoms with van der Waals surface area (Å²) >= 11 is 1.50. The molecule has 100 valence electrons. The van der Waals surface area contributed by atoms with Gasteiger partial charge in [-0.2, -0.15) is 0 Å². The fourth-order valence-corrected chi connectivity index (χ4v) is 2.80. The molecule has 1 heterocycles. The minimum atomic E-state index is -0.137. The van der Waals surface area contributed by atoms with Gasteiger partial charge in [-0.05, 0) is 32.4 Å². The Bertz CT molecular complexity index is 604. The first-order valence-corrected chi connectivity index (χ1v) is 7.12. The summed E-state index contributed by atoms with van der Waals surface area (Å²) in [6.45, 7) is 5.92. The molecule has 0 N–H and O–H groups in total. The maximum Gasteiger partial charge on any atom is 0.176 e. The van der Waals surface area contributed by atoms with Crippen LogP contribution in [0.15, 0.2) is 35.7 Å². The molecule has 0 saturated heterocycles. The van der Waals surface area contributed by atoms with Gasteiger partial charge in [0.15, 0.2) is 10.9 Å². The van der Waals surface area contributed by atoms with Crippen LogP contribution in [-0.4, -0.2) is 20.6 Å². The lowest BCUT2D eigenvalue weighted by Crippen LogP contribution is -2.15. The second-order valence-corrected chi connectivity index (χ2v) is 6.07. The molecule has 0 saturated carbocycles. The van der Waals surface area contributed by atoms with E-state index < -0.39 is 0 Å². The molecular formula is C15H18N2OS. The zero-order valence-corrected chi connectivity index (χ0v) is 12.5. The Morgan fingerprint density at radius 3 is 2.74 bits per heavy atom. The Kier molecular flexibility index (Phi) is 4.10. The number of carbonyl (C=O) groups excluding carboxylic acids is 1. The van der Waals surface area contributed by atoms with Crippen molar-refractivity contribution in [3.63, 3.8) is 0 Å². The second kappa shape index (κ2) is 5.61. The van der Waals surface area contributed by atoms with E-state index >= 15 is 0 Å². The van der Waals surface area contributed by atoms with Gasteiger partial charge >= 0.3 is 0 Å². The third-order valence-electron chi connectivity index (χ3n) is 3.09. The van der Waals surface area contributed by atoms with E-state index in [1.54, 1.807) is 6.20 Å². The number of hydrogen-bond donors (Lipinski definition) is 0. The summed E-state index contributed by atoms with van der Waals surface area (Å²) in [4.78, 5) is 16.7. The fraction of sp³-hybridized carbons (Fsp3) is 0.333. The molecule has 0 amide bonds. The van der Waals surface area contributed by atoms with E-state index in [9.17, 15) is 4.79 Å². The Morgan fingerprint density at radius 2 is 2.11 bits per heavy atom. The van der Waals surface area contributed by atoms with Crippen LogP contribution in [0.3, 0.4) is 0 Å². The van der Waals surface area contributed by atoms with E-state index in [0.29, 0.717) is 0 Å². The van der Waals surface area contributed by atoms with Crippen LogP contribution in [-0.2, 0) is 7.05 Å². The molecule has 19 heavy (non-hydrogen) atoms. The van der Waals surface area contributed by atoms with E-state index in [2.05, 4.69) is 4.98 Å². The highest BCUT2D eigenvalue weighted by molar-refractivity contribution is 8.00. The summed E-state index contributed by atoms with van der Waals surface area (Å²) in [6.07, 6.45) is 3.63. The van der Waals surface area contributed by atoms with Gasteiger partial charge in [0, 0.05) is 25.0 Å². The second-order valence-electron chi connectivity index (χ2n) is 4.76. The summed E-state index contributed by atoms with van der Waals surface area (Å²) in [6, 6.07) is 6.00. The molecule has 0 aliphatic rings. The monoisotopic (exact) mass is 274 g/mol. The average molecular weight is 274 g/mol. The number of aromatic nitrogens is 2. The number of benzene rings is 1. The molecule has 0 fully saturated rings. The van der Waals surface area contributed by atoms with Crippen molar-refractivity contribution in [2.24, 2.45) is 7.05 Å². The molecule has 0 aliphatic heterocycles. The van der Waals surface area contributed by atoms with Crippen molar-refractivity contribution < 1.29 is 4.79 Å². The van der Waals surface area contributed by atoms with Crippen LogP contribution in [0.4, 0.5) is 0 Å². The average Bonchev–Trinajstić information content (AvgIpc) is 2.77. The van der Waals surface area contributed by atoms with E-state index in [0.717, 1.165) is 21.8 Å². The molecule has 0 radical (unpaired) electrons. The standard InChI is InChI=1S/C15H18N2OS/c1-10-5-6-11(2)13(9-10)14(18)12(3)19-15-16-7-8-17(15)4/h5-9,12H,1-4H3/t12-/m1/s1. The summed E-state index contributed by atoms with van der Waals surface area (Å²) < 4.78 is 1.93. The van der Waals surface area contributed by atoms with Crippen LogP contribution in [0, 0.1) is 13.8 Å².